The highest BCUT2D eigenvalue weighted by atomic mass is 16.5. The summed E-state index contributed by atoms with van der Waals surface area (Å²) in [7, 11) is 0. The number of carbonyl (C=O) groups excluding carboxylic acids is 1. The Morgan fingerprint density at radius 3 is 2.45 bits per heavy atom. The van der Waals surface area contributed by atoms with Gasteiger partial charge >= 0.3 is 0 Å². The molecule has 0 radical (unpaired) electrons. The SMILES string of the molecule is CCc1nn(CCOCCC(C)C)c(CC)c1C(C)=O. The molecule has 1 aromatic rings. The monoisotopic (exact) mass is 280 g/mol. The third-order valence-electron chi connectivity index (χ3n) is 3.44. The van der Waals surface area contributed by atoms with E-state index >= 15 is 0 Å². The fraction of sp³-hybridized carbons (Fsp3) is 0.750. The third kappa shape index (κ3) is 4.44. The van der Waals surface area contributed by atoms with Gasteiger partial charge in [0.1, 0.15) is 0 Å². The summed E-state index contributed by atoms with van der Waals surface area (Å²) < 4.78 is 7.59. The summed E-state index contributed by atoms with van der Waals surface area (Å²) in [5.74, 6) is 0.785. The van der Waals surface area contributed by atoms with Crippen molar-refractivity contribution in [1.29, 1.82) is 0 Å². The first-order valence-electron chi connectivity index (χ1n) is 7.68. The standard InChI is InChI=1S/C16H28N2O2/c1-6-14-16(13(5)19)15(7-2)18(17-14)9-11-20-10-8-12(3)4/h12H,6-11H2,1-5H3. The van der Waals surface area contributed by atoms with Crippen LogP contribution in [0.3, 0.4) is 0 Å². The van der Waals surface area contributed by atoms with Crippen molar-refractivity contribution in [3.63, 3.8) is 0 Å². The quantitative estimate of drug-likeness (QED) is 0.515. The maximum Gasteiger partial charge on any atom is 0.163 e. The molecule has 0 unspecified atom stereocenters. The molecule has 114 valence electrons. The summed E-state index contributed by atoms with van der Waals surface area (Å²) >= 11 is 0. The highest BCUT2D eigenvalue weighted by molar-refractivity contribution is 5.96. The van der Waals surface area contributed by atoms with Crippen molar-refractivity contribution < 1.29 is 9.53 Å². The second-order valence-corrected chi connectivity index (χ2v) is 5.55. The van der Waals surface area contributed by atoms with E-state index in [0.717, 1.165) is 49.4 Å². The summed E-state index contributed by atoms with van der Waals surface area (Å²) in [5, 5.41) is 4.57. The largest absolute Gasteiger partial charge is 0.380 e. The topological polar surface area (TPSA) is 44.1 Å². The number of aryl methyl sites for hydroxylation is 1. The summed E-state index contributed by atoms with van der Waals surface area (Å²) in [6.07, 6.45) is 2.70. The summed E-state index contributed by atoms with van der Waals surface area (Å²) in [4.78, 5) is 11.8. The number of Topliss-reactive ketones (excluding diaryl/α,β-unsaturated/α-hetero) is 1. The van der Waals surface area contributed by atoms with E-state index in [-0.39, 0.29) is 5.78 Å². The number of hydrogen-bond donors (Lipinski definition) is 0. The fourth-order valence-electron chi connectivity index (χ4n) is 2.32. The van der Waals surface area contributed by atoms with Crippen LogP contribution in [0.15, 0.2) is 0 Å². The van der Waals surface area contributed by atoms with Crippen LogP contribution in [0.2, 0.25) is 0 Å². The van der Waals surface area contributed by atoms with E-state index < -0.39 is 0 Å². The molecular weight excluding hydrogens is 252 g/mol. The average molecular weight is 280 g/mol. The van der Waals surface area contributed by atoms with Gasteiger partial charge < -0.3 is 4.74 Å². The van der Waals surface area contributed by atoms with E-state index in [1.54, 1.807) is 6.92 Å². The molecular formula is C16H28N2O2. The number of ether oxygens (including phenoxy) is 1. The number of rotatable bonds is 9. The van der Waals surface area contributed by atoms with Crippen molar-refractivity contribution in [3.05, 3.63) is 17.0 Å². The van der Waals surface area contributed by atoms with Gasteiger partial charge in [0.15, 0.2) is 5.78 Å². The molecule has 0 fully saturated rings. The molecule has 20 heavy (non-hydrogen) atoms. The molecule has 0 aromatic carbocycles. The zero-order valence-corrected chi connectivity index (χ0v) is 13.5. The molecule has 0 N–H and O–H groups in total. The molecule has 1 aromatic heterocycles. The van der Waals surface area contributed by atoms with Crippen LogP contribution in [0.25, 0.3) is 0 Å². The van der Waals surface area contributed by atoms with Gasteiger partial charge in [0.05, 0.1) is 24.4 Å². The minimum Gasteiger partial charge on any atom is -0.380 e. The van der Waals surface area contributed by atoms with Crippen molar-refractivity contribution in [3.8, 4) is 0 Å². The van der Waals surface area contributed by atoms with Gasteiger partial charge in [0.2, 0.25) is 0 Å². The van der Waals surface area contributed by atoms with Crippen LogP contribution in [-0.2, 0) is 24.1 Å². The highest BCUT2D eigenvalue weighted by Crippen LogP contribution is 2.17. The molecule has 4 nitrogen and oxygen atoms in total. The van der Waals surface area contributed by atoms with E-state index in [9.17, 15) is 4.79 Å². The molecule has 0 amide bonds. The lowest BCUT2D eigenvalue weighted by Gasteiger charge is -2.09. The Hall–Kier alpha value is -1.16. The summed E-state index contributed by atoms with van der Waals surface area (Å²) in [5.41, 5.74) is 2.77. The minimum absolute atomic E-state index is 0.116. The normalized spacial score (nSPS) is 11.3. The smallest absolute Gasteiger partial charge is 0.163 e. The minimum atomic E-state index is 0.116. The van der Waals surface area contributed by atoms with Gasteiger partial charge in [-0.05, 0) is 32.1 Å². The Morgan fingerprint density at radius 1 is 1.25 bits per heavy atom. The van der Waals surface area contributed by atoms with Crippen LogP contribution in [0.1, 0.15) is 62.8 Å². The molecule has 0 aliphatic heterocycles. The number of nitrogens with zero attached hydrogens (tertiary/aromatic N) is 2. The Morgan fingerprint density at radius 2 is 1.95 bits per heavy atom. The molecule has 0 spiro atoms. The zero-order chi connectivity index (χ0) is 15.1. The molecule has 1 rings (SSSR count). The second kappa shape index (κ2) is 8.20. The molecule has 0 aliphatic carbocycles. The van der Waals surface area contributed by atoms with Gasteiger partial charge in [-0.2, -0.15) is 5.10 Å². The maximum atomic E-state index is 11.8. The Labute approximate surface area is 122 Å². The van der Waals surface area contributed by atoms with Gasteiger partial charge in [-0.1, -0.05) is 27.7 Å². The van der Waals surface area contributed by atoms with Crippen LogP contribution >= 0.6 is 0 Å². The lowest BCUT2D eigenvalue weighted by atomic mass is 10.1. The average Bonchev–Trinajstić information content (AvgIpc) is 2.75. The first-order chi connectivity index (χ1) is 9.51. The molecule has 0 saturated carbocycles. The second-order valence-electron chi connectivity index (χ2n) is 5.55. The Balaban J connectivity index is 2.68. The molecule has 1 heterocycles. The van der Waals surface area contributed by atoms with Crippen molar-refractivity contribution in [2.24, 2.45) is 5.92 Å². The van der Waals surface area contributed by atoms with Crippen molar-refractivity contribution >= 4 is 5.78 Å². The van der Waals surface area contributed by atoms with E-state index in [1.165, 1.54) is 0 Å². The number of hydrogen-bond acceptors (Lipinski definition) is 3. The van der Waals surface area contributed by atoms with E-state index in [0.29, 0.717) is 12.5 Å². The van der Waals surface area contributed by atoms with Gasteiger partial charge in [-0.15, -0.1) is 0 Å². The molecule has 0 bridgehead atoms. The molecule has 0 saturated heterocycles. The fourth-order valence-corrected chi connectivity index (χ4v) is 2.32. The zero-order valence-electron chi connectivity index (χ0n) is 13.5. The first kappa shape index (κ1) is 16.9. The molecule has 0 aliphatic rings. The van der Waals surface area contributed by atoms with Crippen LogP contribution in [0, 0.1) is 5.92 Å². The van der Waals surface area contributed by atoms with Crippen molar-refractivity contribution in [1.82, 2.24) is 9.78 Å². The van der Waals surface area contributed by atoms with Crippen LogP contribution in [-0.4, -0.2) is 28.8 Å². The third-order valence-corrected chi connectivity index (χ3v) is 3.44. The highest BCUT2D eigenvalue weighted by Gasteiger charge is 2.18. The Kier molecular flexibility index (Phi) is 6.93. The maximum absolute atomic E-state index is 11.8. The number of aromatic nitrogens is 2. The lowest BCUT2D eigenvalue weighted by molar-refractivity contribution is 0.101. The lowest BCUT2D eigenvalue weighted by Crippen LogP contribution is -2.12. The van der Waals surface area contributed by atoms with Gasteiger partial charge in [0.25, 0.3) is 0 Å². The number of ketones is 1. The van der Waals surface area contributed by atoms with Crippen LogP contribution in [0.4, 0.5) is 0 Å². The van der Waals surface area contributed by atoms with Gasteiger partial charge in [0, 0.05) is 12.3 Å². The first-order valence-corrected chi connectivity index (χ1v) is 7.68. The predicted molar refractivity (Wildman–Crippen MR) is 81.3 cm³/mol. The van der Waals surface area contributed by atoms with E-state index in [4.69, 9.17) is 4.74 Å². The van der Waals surface area contributed by atoms with Gasteiger partial charge in [-0.3, -0.25) is 9.48 Å². The van der Waals surface area contributed by atoms with Crippen LogP contribution < -0.4 is 0 Å². The van der Waals surface area contributed by atoms with Crippen molar-refractivity contribution in [2.75, 3.05) is 13.2 Å². The Bertz CT molecular complexity index is 436. The summed E-state index contributed by atoms with van der Waals surface area (Å²) in [6.45, 7) is 12.3. The van der Waals surface area contributed by atoms with E-state index in [1.807, 2.05) is 11.6 Å². The van der Waals surface area contributed by atoms with Crippen LogP contribution in [0.5, 0.6) is 0 Å². The molecule has 0 atom stereocenters. The number of carbonyl (C=O) groups is 1. The van der Waals surface area contributed by atoms with Gasteiger partial charge in [-0.25, -0.2) is 0 Å². The summed E-state index contributed by atoms with van der Waals surface area (Å²) in [6, 6.07) is 0. The predicted octanol–water partition coefficient (Wildman–Crippen LogP) is 3.27. The van der Waals surface area contributed by atoms with E-state index in [2.05, 4.69) is 25.9 Å². The van der Waals surface area contributed by atoms with Crippen molar-refractivity contribution in [2.45, 2.75) is 60.4 Å². The molecule has 4 heteroatoms.